The molecule has 2 aromatic carbocycles. The number of nitrogens with zero attached hydrogens (tertiary/aromatic N) is 3. The molecule has 2 N–H and O–H groups in total. The first-order valence-electron chi connectivity index (χ1n) is 11.7. The molecule has 1 aliphatic rings. The summed E-state index contributed by atoms with van der Waals surface area (Å²) >= 11 is 5.75. The fourth-order valence-corrected chi connectivity index (χ4v) is 4.84. The van der Waals surface area contributed by atoms with E-state index in [0.29, 0.717) is 18.1 Å². The predicted molar refractivity (Wildman–Crippen MR) is 142 cm³/mol. The lowest BCUT2D eigenvalue weighted by Gasteiger charge is -2.27. The Bertz CT molecular complexity index is 1320. The van der Waals surface area contributed by atoms with E-state index in [-0.39, 0.29) is 18.0 Å². The number of carbonyl (C=O) groups excluding carboxylic acids is 1. The molecular weight excluding hydrogens is 454 g/mol. The van der Waals surface area contributed by atoms with Crippen LogP contribution in [-0.4, -0.2) is 32.0 Å². The van der Waals surface area contributed by atoms with Crippen LogP contribution in [0.4, 0.5) is 5.69 Å². The van der Waals surface area contributed by atoms with Gasteiger partial charge < -0.3 is 20.1 Å². The van der Waals surface area contributed by atoms with Crippen molar-refractivity contribution in [2.45, 2.75) is 25.4 Å². The molecule has 0 unspecified atom stereocenters. The zero-order valence-corrected chi connectivity index (χ0v) is 20.3. The number of anilines is 1. The smallest absolute Gasteiger partial charge is 0.226 e. The van der Waals surface area contributed by atoms with E-state index in [4.69, 9.17) is 12.2 Å². The third-order valence-electron chi connectivity index (χ3n) is 6.31. The molecule has 6 nitrogen and oxygen atoms in total. The predicted octanol–water partition coefficient (Wildman–Crippen LogP) is 5.18. The normalized spacial score (nSPS) is 17.3. The molecule has 0 saturated carbocycles. The summed E-state index contributed by atoms with van der Waals surface area (Å²) in [7, 11) is 0. The van der Waals surface area contributed by atoms with Crippen LogP contribution in [0.5, 0.6) is 0 Å². The Morgan fingerprint density at radius 1 is 1.03 bits per heavy atom. The molecule has 0 aliphatic carbocycles. The summed E-state index contributed by atoms with van der Waals surface area (Å²) in [6.07, 6.45) is 6.31. The number of benzene rings is 2. The van der Waals surface area contributed by atoms with E-state index in [1.54, 1.807) is 6.20 Å². The van der Waals surface area contributed by atoms with Gasteiger partial charge in [0, 0.05) is 42.9 Å². The van der Waals surface area contributed by atoms with Crippen LogP contribution in [0.15, 0.2) is 97.5 Å². The monoisotopic (exact) mass is 481 g/mol. The van der Waals surface area contributed by atoms with E-state index in [0.717, 1.165) is 28.2 Å². The minimum Gasteiger partial charge on any atom is -0.352 e. The molecule has 2 atom stereocenters. The Morgan fingerprint density at radius 3 is 2.57 bits per heavy atom. The molecule has 0 radical (unpaired) electrons. The molecule has 35 heavy (non-hydrogen) atoms. The fourth-order valence-electron chi connectivity index (χ4n) is 4.51. The first kappa shape index (κ1) is 22.8. The average molecular weight is 482 g/mol. The first-order chi connectivity index (χ1) is 17.1. The van der Waals surface area contributed by atoms with Gasteiger partial charge in [0.2, 0.25) is 5.91 Å². The van der Waals surface area contributed by atoms with Crippen LogP contribution in [-0.2, 0) is 4.79 Å². The molecule has 5 rings (SSSR count). The van der Waals surface area contributed by atoms with Gasteiger partial charge in [0.05, 0.1) is 17.8 Å². The largest absolute Gasteiger partial charge is 0.352 e. The molecule has 1 amide bonds. The van der Waals surface area contributed by atoms with Crippen molar-refractivity contribution in [1.82, 2.24) is 19.8 Å². The van der Waals surface area contributed by atoms with E-state index >= 15 is 0 Å². The van der Waals surface area contributed by atoms with Crippen LogP contribution in [0, 0.1) is 6.92 Å². The molecule has 0 spiro atoms. The highest BCUT2D eigenvalue weighted by Gasteiger charge is 2.40. The second-order valence-corrected chi connectivity index (χ2v) is 9.01. The summed E-state index contributed by atoms with van der Waals surface area (Å²) < 4.78 is 2.11. The Hall–Kier alpha value is -3.97. The Labute approximate surface area is 210 Å². The third kappa shape index (κ3) is 4.95. The topological polar surface area (TPSA) is 62.2 Å². The minimum absolute atomic E-state index is 0.0380. The molecule has 1 fully saturated rings. The highest BCUT2D eigenvalue weighted by molar-refractivity contribution is 7.80. The molecule has 7 heteroatoms. The molecule has 176 valence electrons. The number of hydrogen-bond donors (Lipinski definition) is 2. The van der Waals surface area contributed by atoms with Crippen LogP contribution in [0.2, 0.25) is 0 Å². The average Bonchev–Trinajstić information content (AvgIpc) is 3.50. The van der Waals surface area contributed by atoms with Gasteiger partial charge in [-0.1, -0.05) is 42.5 Å². The lowest BCUT2D eigenvalue weighted by atomic mass is 9.99. The maximum absolute atomic E-state index is 12.8. The number of thiocarbonyl (C=S) groups is 1. The summed E-state index contributed by atoms with van der Waals surface area (Å²) in [5, 5.41) is 7.11. The summed E-state index contributed by atoms with van der Waals surface area (Å²) in [5.41, 5.74) is 4.98. The minimum atomic E-state index is -0.116. The number of aromatic nitrogens is 2. The first-order valence-corrected chi connectivity index (χ1v) is 12.1. The molecular formula is C28H27N5OS. The van der Waals surface area contributed by atoms with E-state index < -0.39 is 0 Å². The summed E-state index contributed by atoms with van der Waals surface area (Å²) in [6, 6.07) is 25.8. The van der Waals surface area contributed by atoms with Crippen molar-refractivity contribution < 1.29 is 4.79 Å². The molecule has 1 saturated heterocycles. The maximum atomic E-state index is 12.8. The van der Waals surface area contributed by atoms with Crippen molar-refractivity contribution in [3.63, 3.8) is 0 Å². The van der Waals surface area contributed by atoms with Gasteiger partial charge in [0.25, 0.3) is 0 Å². The van der Waals surface area contributed by atoms with Crippen molar-refractivity contribution in [2.24, 2.45) is 0 Å². The van der Waals surface area contributed by atoms with E-state index in [9.17, 15) is 4.79 Å². The van der Waals surface area contributed by atoms with E-state index in [1.165, 1.54) is 0 Å². The highest BCUT2D eigenvalue weighted by atomic mass is 32.1. The van der Waals surface area contributed by atoms with Crippen molar-refractivity contribution in [1.29, 1.82) is 0 Å². The number of amides is 1. The van der Waals surface area contributed by atoms with Crippen LogP contribution >= 0.6 is 12.2 Å². The van der Waals surface area contributed by atoms with Crippen LogP contribution < -0.4 is 10.6 Å². The van der Waals surface area contributed by atoms with Crippen LogP contribution in [0.25, 0.3) is 5.69 Å². The number of para-hydroxylation sites is 2. The Balaban J connectivity index is 1.39. The number of rotatable bonds is 7. The Kier molecular flexibility index (Phi) is 6.59. The van der Waals surface area contributed by atoms with E-state index in [1.807, 2.05) is 67.6 Å². The Morgan fingerprint density at radius 2 is 1.80 bits per heavy atom. The zero-order valence-electron chi connectivity index (χ0n) is 19.5. The van der Waals surface area contributed by atoms with Gasteiger partial charge in [-0.2, -0.15) is 0 Å². The van der Waals surface area contributed by atoms with Crippen molar-refractivity contribution >= 4 is 28.9 Å². The zero-order chi connectivity index (χ0) is 24.2. The van der Waals surface area contributed by atoms with Gasteiger partial charge in [-0.3, -0.25) is 9.78 Å². The lowest BCUT2D eigenvalue weighted by molar-refractivity contribution is -0.116. The van der Waals surface area contributed by atoms with Crippen LogP contribution in [0.3, 0.4) is 0 Å². The second-order valence-electron chi connectivity index (χ2n) is 8.62. The maximum Gasteiger partial charge on any atom is 0.226 e. The van der Waals surface area contributed by atoms with Gasteiger partial charge in [-0.05, 0) is 66.7 Å². The van der Waals surface area contributed by atoms with E-state index in [2.05, 4.69) is 55.7 Å². The molecule has 1 aliphatic heterocycles. The molecule has 0 bridgehead atoms. The number of pyridine rings is 1. The number of aryl methyl sites for hydroxylation is 1. The summed E-state index contributed by atoms with van der Waals surface area (Å²) in [4.78, 5) is 19.5. The fraction of sp³-hybridized carbons (Fsp3) is 0.179. The van der Waals surface area contributed by atoms with Gasteiger partial charge in [-0.25, -0.2) is 0 Å². The van der Waals surface area contributed by atoms with Gasteiger partial charge in [0.15, 0.2) is 5.11 Å². The van der Waals surface area contributed by atoms with Crippen molar-refractivity contribution in [2.75, 3.05) is 11.9 Å². The standard InChI is InChI=1S/C28H27N5OS/c1-20-9-5-6-12-23(20)30-25(34)15-18-33-27(26(31-28(33)35)24-13-7-8-16-29-24)21-14-17-32(19-21)22-10-3-2-4-11-22/h2-14,16-17,19,26-27H,15,18H2,1H3,(H,30,34)(H,31,35)/t26-,27-/m1/s1. The molecule has 2 aromatic heterocycles. The van der Waals surface area contributed by atoms with Gasteiger partial charge >= 0.3 is 0 Å². The number of carbonyl (C=O) groups is 1. The summed E-state index contributed by atoms with van der Waals surface area (Å²) in [5.74, 6) is -0.0380. The second kappa shape index (κ2) is 10.1. The third-order valence-corrected chi connectivity index (χ3v) is 6.66. The number of hydrogen-bond acceptors (Lipinski definition) is 3. The van der Waals surface area contributed by atoms with Crippen molar-refractivity contribution in [3.8, 4) is 5.69 Å². The quantitative estimate of drug-likeness (QED) is 0.356. The highest BCUT2D eigenvalue weighted by Crippen LogP contribution is 2.39. The SMILES string of the molecule is Cc1ccccc1NC(=O)CCN1C(=S)N[C@H](c2ccccn2)[C@H]1c1ccn(-c2ccccc2)c1. The van der Waals surface area contributed by atoms with Gasteiger partial charge in [0.1, 0.15) is 0 Å². The van der Waals surface area contributed by atoms with Crippen molar-refractivity contribution in [3.05, 3.63) is 114 Å². The lowest BCUT2D eigenvalue weighted by Crippen LogP contribution is -2.32. The molecule has 3 heterocycles. The van der Waals surface area contributed by atoms with Gasteiger partial charge in [-0.15, -0.1) is 0 Å². The number of nitrogens with one attached hydrogen (secondary N) is 2. The van der Waals surface area contributed by atoms with Crippen LogP contribution in [0.1, 0.15) is 35.3 Å². The summed E-state index contributed by atoms with van der Waals surface area (Å²) in [6.45, 7) is 2.48. The molecule has 4 aromatic rings.